The Bertz CT molecular complexity index is 186. The Morgan fingerprint density at radius 3 is 1.57 bits per heavy atom. The fourth-order valence-electron chi connectivity index (χ4n) is 1.44. The van der Waals surface area contributed by atoms with Crippen LogP contribution in [0.2, 0.25) is 0 Å². The molecule has 0 amide bonds. The van der Waals surface area contributed by atoms with Gasteiger partial charge in [-0.2, -0.15) is 12.6 Å². The summed E-state index contributed by atoms with van der Waals surface area (Å²) in [5.41, 5.74) is 0. The molecule has 0 aliphatic heterocycles. The Labute approximate surface area is 135 Å². The fraction of sp³-hybridized carbons (Fsp3) is 1.00. The van der Waals surface area contributed by atoms with Crippen LogP contribution < -0.4 is 5.32 Å². The normalized spacial score (nSPS) is 13.0. The second kappa shape index (κ2) is 16.5. The van der Waals surface area contributed by atoms with E-state index in [4.69, 9.17) is 18.9 Å². The van der Waals surface area contributed by atoms with Crippen LogP contribution in [0, 0.1) is 0 Å². The van der Waals surface area contributed by atoms with Gasteiger partial charge < -0.3 is 24.3 Å². The number of hydrogen-bond acceptors (Lipinski definition) is 6. The lowest BCUT2D eigenvalue weighted by molar-refractivity contribution is -0.00168. The lowest BCUT2D eigenvalue weighted by Gasteiger charge is -2.09. The minimum absolute atomic E-state index is 0.391. The van der Waals surface area contributed by atoms with Crippen LogP contribution in [0.5, 0.6) is 0 Å². The maximum absolute atomic E-state index is 5.42. The molecule has 0 saturated carbocycles. The summed E-state index contributed by atoms with van der Waals surface area (Å²) in [5.74, 6) is 0. The second-order valence-corrected chi connectivity index (χ2v) is 6.08. The monoisotopic (exact) mass is 323 g/mol. The summed E-state index contributed by atoms with van der Waals surface area (Å²) < 4.78 is 21.6. The van der Waals surface area contributed by atoms with Crippen LogP contribution >= 0.6 is 12.6 Å². The minimum atomic E-state index is 0.391. The number of rotatable bonds is 16. The number of hydrogen-bond donors (Lipinski definition) is 2. The molecule has 6 heteroatoms. The maximum Gasteiger partial charge on any atom is 0.0701 e. The largest absolute Gasteiger partial charge is 0.379 e. The highest BCUT2D eigenvalue weighted by Crippen LogP contribution is 1.98. The van der Waals surface area contributed by atoms with Crippen LogP contribution in [-0.2, 0) is 18.9 Å². The molecule has 5 nitrogen and oxygen atoms in total. The zero-order valence-corrected chi connectivity index (χ0v) is 14.7. The van der Waals surface area contributed by atoms with E-state index in [-0.39, 0.29) is 0 Å². The van der Waals surface area contributed by atoms with E-state index >= 15 is 0 Å². The third-order valence-corrected chi connectivity index (χ3v) is 2.85. The molecule has 0 bridgehead atoms. The first-order valence-electron chi connectivity index (χ1n) is 7.85. The van der Waals surface area contributed by atoms with Gasteiger partial charge in [-0.1, -0.05) is 20.8 Å². The zero-order chi connectivity index (χ0) is 15.8. The van der Waals surface area contributed by atoms with Gasteiger partial charge in [0.05, 0.1) is 46.2 Å². The summed E-state index contributed by atoms with van der Waals surface area (Å²) in [6.45, 7) is 12.3. The van der Waals surface area contributed by atoms with E-state index in [9.17, 15) is 0 Å². The van der Waals surface area contributed by atoms with Crippen molar-refractivity contribution in [2.24, 2.45) is 0 Å². The molecule has 0 radical (unpaired) electrons. The molecule has 1 atom stereocenters. The van der Waals surface area contributed by atoms with Crippen LogP contribution in [0.25, 0.3) is 0 Å². The van der Waals surface area contributed by atoms with Gasteiger partial charge in [-0.3, -0.25) is 0 Å². The molecule has 0 aromatic heterocycles. The van der Waals surface area contributed by atoms with Gasteiger partial charge in [-0.25, -0.2) is 0 Å². The van der Waals surface area contributed by atoms with Crippen LogP contribution in [0.3, 0.4) is 0 Å². The van der Waals surface area contributed by atoms with Crippen molar-refractivity contribution >= 4 is 12.6 Å². The number of thiol groups is 1. The average molecular weight is 323 g/mol. The quantitative estimate of drug-likeness (QED) is 0.335. The van der Waals surface area contributed by atoms with Gasteiger partial charge in [0.2, 0.25) is 0 Å². The standard InChI is InChI=1S/C15H33NO4S/c1-14(2)16-5-7-18-9-11-20-13-12-19-10-8-17-6-4-15(3)21/h14-16,21H,4-13H2,1-3H3/t15-/m0/s1. The predicted octanol–water partition coefficient (Wildman–Crippen LogP) is 1.76. The van der Waals surface area contributed by atoms with Crippen LogP contribution in [0.4, 0.5) is 0 Å². The highest BCUT2D eigenvalue weighted by Gasteiger charge is 1.95. The third-order valence-electron chi connectivity index (χ3n) is 2.59. The van der Waals surface area contributed by atoms with Gasteiger partial charge in [0.1, 0.15) is 0 Å². The zero-order valence-electron chi connectivity index (χ0n) is 13.8. The topological polar surface area (TPSA) is 49.0 Å². The molecule has 0 fully saturated rings. The first-order chi connectivity index (χ1) is 10.1. The van der Waals surface area contributed by atoms with Crippen LogP contribution in [0.15, 0.2) is 0 Å². The summed E-state index contributed by atoms with van der Waals surface area (Å²) in [4.78, 5) is 0. The molecule has 0 unspecified atom stereocenters. The molecule has 0 aliphatic rings. The Morgan fingerprint density at radius 1 is 0.714 bits per heavy atom. The summed E-state index contributed by atoms with van der Waals surface area (Å²) in [6, 6.07) is 0.507. The molecule has 0 heterocycles. The fourth-order valence-corrected chi connectivity index (χ4v) is 1.54. The van der Waals surface area contributed by atoms with Gasteiger partial charge in [-0.15, -0.1) is 0 Å². The second-order valence-electron chi connectivity index (χ2n) is 5.20. The molecule has 0 aliphatic carbocycles. The third kappa shape index (κ3) is 20.1. The molecule has 1 N–H and O–H groups in total. The van der Waals surface area contributed by atoms with Gasteiger partial charge in [0.25, 0.3) is 0 Å². The van der Waals surface area contributed by atoms with E-state index < -0.39 is 0 Å². The van der Waals surface area contributed by atoms with Crippen molar-refractivity contribution in [1.29, 1.82) is 0 Å². The first kappa shape index (κ1) is 21.1. The van der Waals surface area contributed by atoms with Crippen molar-refractivity contribution in [3.05, 3.63) is 0 Å². The highest BCUT2D eigenvalue weighted by molar-refractivity contribution is 7.80. The van der Waals surface area contributed by atoms with Crippen molar-refractivity contribution < 1.29 is 18.9 Å². The minimum Gasteiger partial charge on any atom is -0.379 e. The van der Waals surface area contributed by atoms with E-state index in [1.807, 2.05) is 0 Å². The molecule has 0 rings (SSSR count). The molecule has 0 spiro atoms. The van der Waals surface area contributed by atoms with Crippen LogP contribution in [0.1, 0.15) is 27.2 Å². The van der Waals surface area contributed by atoms with E-state index in [1.54, 1.807) is 0 Å². The van der Waals surface area contributed by atoms with Crippen molar-refractivity contribution in [3.8, 4) is 0 Å². The maximum atomic E-state index is 5.42. The number of nitrogens with one attached hydrogen (secondary N) is 1. The predicted molar refractivity (Wildman–Crippen MR) is 89.5 cm³/mol. The first-order valence-corrected chi connectivity index (χ1v) is 8.37. The van der Waals surface area contributed by atoms with Crippen molar-refractivity contribution in [2.45, 2.75) is 38.5 Å². The summed E-state index contributed by atoms with van der Waals surface area (Å²) in [7, 11) is 0. The Hall–Kier alpha value is 0.150. The highest BCUT2D eigenvalue weighted by atomic mass is 32.1. The van der Waals surface area contributed by atoms with E-state index in [0.717, 1.165) is 26.2 Å². The van der Waals surface area contributed by atoms with Crippen molar-refractivity contribution in [2.75, 3.05) is 59.4 Å². The van der Waals surface area contributed by atoms with Crippen LogP contribution in [-0.4, -0.2) is 70.7 Å². The van der Waals surface area contributed by atoms with E-state index in [2.05, 4.69) is 38.7 Å². The molecule has 0 aromatic rings. The Balaban J connectivity index is 2.96. The molecule has 21 heavy (non-hydrogen) atoms. The van der Waals surface area contributed by atoms with Crippen molar-refractivity contribution in [3.63, 3.8) is 0 Å². The lowest BCUT2D eigenvalue weighted by Crippen LogP contribution is -2.27. The average Bonchev–Trinajstić information content (AvgIpc) is 2.42. The van der Waals surface area contributed by atoms with E-state index in [1.165, 1.54) is 0 Å². The molecule has 0 aromatic carbocycles. The smallest absolute Gasteiger partial charge is 0.0701 e. The summed E-state index contributed by atoms with van der Waals surface area (Å²) in [6.07, 6.45) is 0.971. The molecule has 0 saturated heterocycles. The van der Waals surface area contributed by atoms with Gasteiger partial charge in [0.15, 0.2) is 0 Å². The van der Waals surface area contributed by atoms with Gasteiger partial charge in [-0.05, 0) is 6.42 Å². The summed E-state index contributed by atoms with van der Waals surface area (Å²) in [5, 5.41) is 3.68. The Morgan fingerprint density at radius 2 is 1.14 bits per heavy atom. The SMILES string of the molecule is CC(C)NCCOCCOCCOCCOCC[C@H](C)S. The summed E-state index contributed by atoms with van der Waals surface area (Å²) >= 11 is 4.28. The van der Waals surface area contributed by atoms with E-state index in [0.29, 0.717) is 50.9 Å². The number of ether oxygens (including phenoxy) is 4. The molecular weight excluding hydrogens is 290 g/mol. The van der Waals surface area contributed by atoms with Crippen molar-refractivity contribution in [1.82, 2.24) is 5.32 Å². The van der Waals surface area contributed by atoms with Gasteiger partial charge >= 0.3 is 0 Å². The Kier molecular flexibility index (Phi) is 16.6. The molecule has 128 valence electrons. The van der Waals surface area contributed by atoms with Gasteiger partial charge in [0, 0.05) is 24.4 Å². The molecular formula is C15H33NO4S. The lowest BCUT2D eigenvalue weighted by atomic mass is 10.3.